The van der Waals surface area contributed by atoms with Crippen molar-refractivity contribution in [2.75, 3.05) is 5.32 Å². The largest absolute Gasteiger partial charge is 0.390 e. The molecule has 3 aromatic heterocycles. The number of nitrogens with one attached hydrogen (secondary N) is 2. The number of nitrogens with zero attached hydrogens (tertiary/aromatic N) is 4. The minimum absolute atomic E-state index is 0.139. The number of anilines is 2. The number of fused-ring (bicyclic) bond motifs is 1. The predicted molar refractivity (Wildman–Crippen MR) is 70.5 cm³/mol. The molecule has 7 nitrogen and oxygen atoms in total. The van der Waals surface area contributed by atoms with E-state index in [-0.39, 0.29) is 6.61 Å². The lowest BCUT2D eigenvalue weighted by Gasteiger charge is -2.05. The number of aliphatic hydroxyl groups excluding tert-OH is 1. The molecule has 0 aliphatic heterocycles. The first-order valence-corrected chi connectivity index (χ1v) is 5.98. The average Bonchev–Trinajstić information content (AvgIpc) is 2.95. The first kappa shape index (κ1) is 11.9. The highest BCUT2D eigenvalue weighted by Crippen LogP contribution is 2.19. The van der Waals surface area contributed by atoms with Crippen LogP contribution in [0.4, 0.5) is 11.8 Å². The topological polar surface area (TPSA) is 91.1 Å². The molecule has 8 heteroatoms. The zero-order chi connectivity index (χ0) is 13.4. The van der Waals surface area contributed by atoms with E-state index in [9.17, 15) is 0 Å². The van der Waals surface area contributed by atoms with Gasteiger partial charge in [-0.15, -0.1) is 0 Å². The van der Waals surface area contributed by atoms with E-state index in [4.69, 9.17) is 16.7 Å². The molecule has 0 aliphatic rings. The van der Waals surface area contributed by atoms with Gasteiger partial charge in [0.2, 0.25) is 5.95 Å². The second kappa shape index (κ2) is 4.52. The third-order valence-corrected chi connectivity index (χ3v) is 2.77. The third-order valence-electron chi connectivity index (χ3n) is 2.58. The number of aryl methyl sites for hydroxylation is 1. The molecule has 0 radical (unpaired) electrons. The molecule has 0 bridgehead atoms. The molecule has 3 N–H and O–H groups in total. The Kier molecular flexibility index (Phi) is 2.84. The van der Waals surface area contributed by atoms with Gasteiger partial charge in [0.15, 0.2) is 5.82 Å². The number of aromatic nitrogens is 5. The van der Waals surface area contributed by atoms with E-state index < -0.39 is 0 Å². The van der Waals surface area contributed by atoms with Crippen LogP contribution in [0.1, 0.15) is 11.4 Å². The Balaban J connectivity index is 2.08. The number of aliphatic hydroxyl groups is 1. The van der Waals surface area contributed by atoms with Gasteiger partial charge in [-0.3, -0.25) is 9.50 Å². The second-order valence-electron chi connectivity index (χ2n) is 4.08. The van der Waals surface area contributed by atoms with Gasteiger partial charge in [0.25, 0.3) is 0 Å². The summed E-state index contributed by atoms with van der Waals surface area (Å²) < 4.78 is 1.71. The van der Waals surface area contributed by atoms with Crippen molar-refractivity contribution in [1.82, 2.24) is 24.6 Å². The highest BCUT2D eigenvalue weighted by atomic mass is 35.5. The van der Waals surface area contributed by atoms with Crippen molar-refractivity contribution in [2.45, 2.75) is 13.5 Å². The Morgan fingerprint density at radius 2 is 2.26 bits per heavy atom. The second-order valence-corrected chi connectivity index (χ2v) is 4.47. The average molecular weight is 279 g/mol. The molecular formula is C11H11ClN6O. The molecule has 0 saturated heterocycles. The van der Waals surface area contributed by atoms with Crippen LogP contribution in [0.25, 0.3) is 5.65 Å². The Labute approximate surface area is 113 Å². The Morgan fingerprint density at radius 1 is 1.42 bits per heavy atom. The Bertz CT molecular complexity index is 734. The maximum atomic E-state index is 9.12. The molecule has 3 heterocycles. The van der Waals surface area contributed by atoms with Crippen LogP contribution in [-0.4, -0.2) is 29.7 Å². The summed E-state index contributed by atoms with van der Waals surface area (Å²) in [6.07, 6.45) is 1.69. The fraction of sp³-hybridized carbons (Fsp3) is 0.182. The van der Waals surface area contributed by atoms with Gasteiger partial charge in [0.1, 0.15) is 10.8 Å². The highest BCUT2D eigenvalue weighted by Gasteiger charge is 2.09. The molecule has 0 amide bonds. The first-order valence-electron chi connectivity index (χ1n) is 5.60. The van der Waals surface area contributed by atoms with Crippen molar-refractivity contribution in [3.05, 3.63) is 34.9 Å². The smallest absolute Gasteiger partial charge is 0.215 e. The fourth-order valence-electron chi connectivity index (χ4n) is 1.77. The van der Waals surface area contributed by atoms with Crippen molar-refractivity contribution in [1.29, 1.82) is 0 Å². The van der Waals surface area contributed by atoms with Crippen LogP contribution in [0.2, 0.25) is 5.15 Å². The molecule has 0 fully saturated rings. The molecule has 3 aromatic rings. The normalized spacial score (nSPS) is 11.1. The van der Waals surface area contributed by atoms with E-state index in [1.165, 1.54) is 0 Å². The molecule has 98 valence electrons. The number of imidazole rings is 1. The summed E-state index contributed by atoms with van der Waals surface area (Å²) in [5.41, 5.74) is 2.09. The van der Waals surface area contributed by atoms with Gasteiger partial charge in [0, 0.05) is 24.0 Å². The quantitative estimate of drug-likeness (QED) is 0.634. The predicted octanol–water partition coefficient (Wildman–Crippen LogP) is 1.65. The zero-order valence-electron chi connectivity index (χ0n) is 10.1. The van der Waals surface area contributed by atoms with Crippen molar-refractivity contribution in [2.24, 2.45) is 0 Å². The van der Waals surface area contributed by atoms with Gasteiger partial charge in [-0.1, -0.05) is 11.6 Å². The molecule has 0 aromatic carbocycles. The minimum Gasteiger partial charge on any atom is -0.390 e. The summed E-state index contributed by atoms with van der Waals surface area (Å²) in [4.78, 5) is 8.42. The van der Waals surface area contributed by atoms with Crippen LogP contribution in [0, 0.1) is 6.92 Å². The maximum absolute atomic E-state index is 9.12. The monoisotopic (exact) mass is 278 g/mol. The summed E-state index contributed by atoms with van der Waals surface area (Å²) in [5, 5.41) is 19.4. The number of aromatic amines is 1. The number of halogens is 1. The molecule has 0 unspecified atom stereocenters. The van der Waals surface area contributed by atoms with Gasteiger partial charge in [0.05, 0.1) is 12.3 Å². The molecule has 0 saturated carbocycles. The van der Waals surface area contributed by atoms with Crippen molar-refractivity contribution >= 4 is 29.0 Å². The summed E-state index contributed by atoms with van der Waals surface area (Å²) >= 11 is 5.95. The van der Waals surface area contributed by atoms with Gasteiger partial charge in [-0.2, -0.15) is 5.10 Å². The molecule has 0 spiro atoms. The molecule has 19 heavy (non-hydrogen) atoms. The minimum atomic E-state index is -0.139. The van der Waals surface area contributed by atoms with Crippen molar-refractivity contribution < 1.29 is 5.11 Å². The highest BCUT2D eigenvalue weighted by molar-refractivity contribution is 6.29. The summed E-state index contributed by atoms with van der Waals surface area (Å²) in [5.74, 6) is 1.12. The summed E-state index contributed by atoms with van der Waals surface area (Å²) in [6.45, 7) is 1.76. The van der Waals surface area contributed by atoms with E-state index in [0.717, 1.165) is 5.69 Å². The van der Waals surface area contributed by atoms with Crippen molar-refractivity contribution in [3.63, 3.8) is 0 Å². The lowest BCUT2D eigenvalue weighted by atomic mass is 10.5. The van der Waals surface area contributed by atoms with Crippen LogP contribution in [0.3, 0.4) is 0 Å². The zero-order valence-corrected chi connectivity index (χ0v) is 10.8. The first-order chi connectivity index (χ1) is 9.15. The number of rotatable bonds is 3. The Hall–Kier alpha value is -2.12. The maximum Gasteiger partial charge on any atom is 0.215 e. The fourth-order valence-corrected chi connectivity index (χ4v) is 1.95. The van der Waals surface area contributed by atoms with Gasteiger partial charge in [-0.25, -0.2) is 9.97 Å². The molecule has 0 atom stereocenters. The van der Waals surface area contributed by atoms with E-state index in [1.54, 1.807) is 16.7 Å². The molecule has 0 aliphatic carbocycles. The van der Waals surface area contributed by atoms with E-state index >= 15 is 0 Å². The SMILES string of the molecule is Cc1cc(Nc2nc(Cl)cc3nc(CO)cn23)n[nH]1. The van der Waals surface area contributed by atoms with Gasteiger partial charge in [-0.05, 0) is 6.92 Å². The Morgan fingerprint density at radius 3 is 2.95 bits per heavy atom. The standard InChI is InChI=1S/C11H11ClN6O/c1-6-2-9(17-16-6)15-11-14-8(12)3-10-13-7(5-19)4-18(10)11/h2-4,19H,5H2,1H3,(H2,14,15,16,17). The summed E-state index contributed by atoms with van der Waals surface area (Å²) in [7, 11) is 0. The van der Waals surface area contributed by atoms with Gasteiger partial charge >= 0.3 is 0 Å². The van der Waals surface area contributed by atoms with E-state index in [0.29, 0.717) is 28.3 Å². The lowest BCUT2D eigenvalue weighted by molar-refractivity contribution is 0.277. The van der Waals surface area contributed by atoms with Crippen LogP contribution in [0.15, 0.2) is 18.3 Å². The lowest BCUT2D eigenvalue weighted by Crippen LogP contribution is -2.01. The van der Waals surface area contributed by atoms with Crippen LogP contribution in [0.5, 0.6) is 0 Å². The number of hydrogen-bond donors (Lipinski definition) is 3. The van der Waals surface area contributed by atoms with Crippen molar-refractivity contribution in [3.8, 4) is 0 Å². The molecule has 3 rings (SSSR count). The number of H-pyrrole nitrogens is 1. The molecular weight excluding hydrogens is 268 g/mol. The number of hydrogen-bond acceptors (Lipinski definition) is 5. The van der Waals surface area contributed by atoms with Crippen LogP contribution >= 0.6 is 11.6 Å². The third kappa shape index (κ3) is 2.25. The van der Waals surface area contributed by atoms with Crippen LogP contribution < -0.4 is 5.32 Å². The van der Waals surface area contributed by atoms with E-state index in [1.807, 2.05) is 13.0 Å². The van der Waals surface area contributed by atoms with E-state index in [2.05, 4.69) is 25.5 Å². The van der Waals surface area contributed by atoms with Crippen LogP contribution in [-0.2, 0) is 6.61 Å². The summed E-state index contributed by atoms with van der Waals surface area (Å²) in [6, 6.07) is 3.47. The van der Waals surface area contributed by atoms with Gasteiger partial charge < -0.3 is 10.4 Å².